The lowest BCUT2D eigenvalue weighted by Gasteiger charge is -2.12. The molecule has 2 aromatic heterocycles. The van der Waals surface area contributed by atoms with Gasteiger partial charge in [0.1, 0.15) is 71.1 Å². The van der Waals surface area contributed by atoms with E-state index in [1.54, 1.807) is 0 Å². The van der Waals surface area contributed by atoms with Crippen molar-refractivity contribution in [2.45, 2.75) is 25.2 Å². The summed E-state index contributed by atoms with van der Waals surface area (Å²) in [6, 6.07) is 24.7. The Labute approximate surface area is 424 Å². The molecule has 0 saturated heterocycles. The van der Waals surface area contributed by atoms with Gasteiger partial charge in [0.05, 0.1) is 55.8 Å². The number of benzene rings is 6. The molecule has 0 saturated carbocycles. The number of alkyl halides is 6. The number of halogens is 8. The number of anilines is 4. The van der Waals surface area contributed by atoms with Crippen LogP contribution in [0.2, 0.25) is 0 Å². The Balaban J connectivity index is 0.837. The molecule has 0 fully saturated rings. The lowest BCUT2D eigenvalue weighted by atomic mass is 10.1. The Kier molecular flexibility index (Phi) is 15.3. The summed E-state index contributed by atoms with van der Waals surface area (Å²) in [7, 11) is 0. The average Bonchev–Trinajstić information content (AvgIpc) is 3.96. The molecule has 4 amide bonds. The second-order valence-corrected chi connectivity index (χ2v) is 17.8. The van der Waals surface area contributed by atoms with Crippen LogP contribution in [0.25, 0.3) is 20.4 Å². The van der Waals surface area contributed by atoms with Crippen LogP contribution in [0.5, 0.6) is 23.0 Å². The van der Waals surface area contributed by atoms with E-state index in [4.69, 9.17) is 14.2 Å². The zero-order valence-corrected chi connectivity index (χ0v) is 39.3. The molecular weight excluding hydrogens is 1040 g/mol. The molecule has 0 aliphatic carbocycles. The Hall–Kier alpha value is -9.04. The first-order chi connectivity index (χ1) is 35.7. The number of hydrogen-bond acceptors (Lipinski definition) is 13. The summed E-state index contributed by atoms with van der Waals surface area (Å²) in [6.07, 6.45) is -10.2. The van der Waals surface area contributed by atoms with Crippen LogP contribution in [0.15, 0.2) is 109 Å². The molecule has 2 heterocycles. The molecule has 6 aromatic carbocycles. The number of nitriles is 2. The normalized spacial score (nSPS) is 11.4. The molecule has 0 unspecified atom stereocenters. The van der Waals surface area contributed by atoms with E-state index >= 15 is 0 Å². The topological polar surface area (TPSA) is 217 Å². The van der Waals surface area contributed by atoms with Gasteiger partial charge < -0.3 is 24.8 Å². The molecule has 0 bridgehead atoms. The van der Waals surface area contributed by atoms with Gasteiger partial charge in [0, 0.05) is 12.1 Å². The summed E-state index contributed by atoms with van der Waals surface area (Å²) in [4.78, 5) is 59.6. The first-order valence-corrected chi connectivity index (χ1v) is 23.1. The van der Waals surface area contributed by atoms with E-state index in [2.05, 4.69) is 31.2 Å². The van der Waals surface area contributed by atoms with Crippen molar-refractivity contribution < 1.29 is 68.5 Å². The van der Waals surface area contributed by atoms with Gasteiger partial charge >= 0.3 is 12.4 Å². The van der Waals surface area contributed by atoms with Gasteiger partial charge in [-0.1, -0.05) is 59.1 Å². The third-order valence-corrected chi connectivity index (χ3v) is 12.3. The number of nitrogens with one attached hydrogen (secondary N) is 4. The molecule has 4 N–H and O–H groups in total. The number of fused-ring (bicyclic) bond motifs is 2. The molecule has 0 atom stereocenters. The first kappa shape index (κ1) is 52.3. The second kappa shape index (κ2) is 22.0. The zero-order valence-electron chi connectivity index (χ0n) is 37.7. The molecular formula is C50H30F8N8O7S2. The van der Waals surface area contributed by atoms with Crippen molar-refractivity contribution in [3.8, 4) is 35.1 Å². The number of amides is 4. The number of nitrogens with zero attached hydrogens (tertiary/aromatic N) is 4. The minimum atomic E-state index is -4.62. The zero-order chi connectivity index (χ0) is 53.6. The Morgan fingerprint density at radius 2 is 0.947 bits per heavy atom. The smallest absolute Gasteiger partial charge is 0.416 e. The summed E-state index contributed by atoms with van der Waals surface area (Å²) < 4.78 is 126. The van der Waals surface area contributed by atoms with Crippen LogP contribution in [0.3, 0.4) is 0 Å². The van der Waals surface area contributed by atoms with Crippen LogP contribution in [-0.2, 0) is 49.1 Å². The van der Waals surface area contributed by atoms with Gasteiger partial charge in [-0.05, 0) is 71.8 Å². The summed E-state index contributed by atoms with van der Waals surface area (Å²) in [5, 5.41) is 29.9. The number of carbonyl (C=O) groups is 4. The number of hydrogen-bond donors (Lipinski definition) is 4. The molecule has 0 aliphatic rings. The Morgan fingerprint density at radius 3 is 1.33 bits per heavy atom. The fourth-order valence-electron chi connectivity index (χ4n) is 7.04. The average molecular weight is 1070 g/mol. The van der Waals surface area contributed by atoms with Crippen LogP contribution in [0, 0.1) is 34.3 Å². The monoisotopic (exact) mass is 1070 g/mol. The predicted molar refractivity (Wildman–Crippen MR) is 257 cm³/mol. The van der Waals surface area contributed by atoms with Gasteiger partial charge in [0.2, 0.25) is 11.8 Å². The molecule has 25 heteroatoms. The highest BCUT2D eigenvalue weighted by Gasteiger charge is 2.31. The van der Waals surface area contributed by atoms with Gasteiger partial charge in [0.25, 0.3) is 11.8 Å². The summed E-state index contributed by atoms with van der Waals surface area (Å²) in [5.41, 5.74) is -1.93. The Morgan fingerprint density at radius 1 is 0.533 bits per heavy atom. The van der Waals surface area contributed by atoms with E-state index in [1.807, 2.05) is 12.1 Å². The molecule has 8 rings (SSSR count). The summed E-state index contributed by atoms with van der Waals surface area (Å²) in [5.74, 6) is -4.81. The highest BCUT2D eigenvalue weighted by molar-refractivity contribution is 7.23. The number of carbonyl (C=O) groups excluding carboxylic acids is 4. The minimum Gasteiger partial charge on any atom is -0.456 e. The van der Waals surface area contributed by atoms with E-state index in [0.717, 1.165) is 83.3 Å². The van der Waals surface area contributed by atoms with Crippen molar-refractivity contribution in [1.82, 2.24) is 9.97 Å². The molecule has 0 spiro atoms. The largest absolute Gasteiger partial charge is 0.456 e. The van der Waals surface area contributed by atoms with Crippen molar-refractivity contribution in [2.75, 3.05) is 34.5 Å². The van der Waals surface area contributed by atoms with E-state index < -0.39 is 84.8 Å². The summed E-state index contributed by atoms with van der Waals surface area (Å²) >= 11 is 1.81. The van der Waals surface area contributed by atoms with Gasteiger partial charge in [0.15, 0.2) is 10.3 Å². The van der Waals surface area contributed by atoms with Crippen LogP contribution < -0.4 is 30.7 Å². The number of ether oxygens (including phenoxy) is 3. The van der Waals surface area contributed by atoms with Crippen molar-refractivity contribution >= 4 is 88.4 Å². The third-order valence-electron chi connectivity index (χ3n) is 10.3. The minimum absolute atomic E-state index is 0.00268. The quantitative estimate of drug-likeness (QED) is 0.0667. The van der Waals surface area contributed by atoms with Crippen molar-refractivity contribution in [3.05, 3.63) is 154 Å². The maximum Gasteiger partial charge on any atom is 0.416 e. The van der Waals surface area contributed by atoms with E-state index in [0.29, 0.717) is 9.40 Å². The fraction of sp³-hybridized carbons (Fsp3) is 0.120. The SMILES string of the molecule is N#Cc1c(Oc2ccc(F)c(NC(=O)Cc3cccc(C(F)(F)F)c3)c2)ccc2nc(NC(=O)COCC(=O)Nc3nc4ccc(Oc5ccc(F)c(NC(=O)Cc6cccc(C(F)(F)F)c6)c5)c(C#N)c4s3)sc12. The predicted octanol–water partition coefficient (Wildman–Crippen LogP) is 11.5. The number of aromatic nitrogens is 2. The van der Waals surface area contributed by atoms with E-state index in [1.165, 1.54) is 48.5 Å². The standard InChI is InChI=1S/C50H30F8N8O7S2/c51-33-9-7-29(19-37(33)61-41(67)17-25-3-1-5-27(15-25)49(53,54)55)72-39-13-11-35-45(31(39)21-59)74-47(63-35)65-43(69)23-71-24-44(70)66-48-64-36-12-14-40(32(22-60)46(36)75-48)73-30-8-10-34(52)38(20-30)62-42(68)18-26-4-2-6-28(16-26)50(56,57)58/h1-16,19-20H,17-18,23-24H2,(H,61,67)(H,62,68)(H,63,65,69)(H,64,66,70). The van der Waals surface area contributed by atoms with Crippen LogP contribution in [0.1, 0.15) is 33.4 Å². The first-order valence-electron chi connectivity index (χ1n) is 21.4. The van der Waals surface area contributed by atoms with E-state index in [9.17, 15) is 64.8 Å². The van der Waals surface area contributed by atoms with Gasteiger partial charge in [-0.2, -0.15) is 36.9 Å². The van der Waals surface area contributed by atoms with Crippen LogP contribution in [-0.4, -0.2) is 46.8 Å². The lowest BCUT2D eigenvalue weighted by Crippen LogP contribution is -2.23. The summed E-state index contributed by atoms with van der Waals surface area (Å²) in [6.45, 7) is -1.23. The lowest BCUT2D eigenvalue weighted by molar-refractivity contribution is -0.138. The number of rotatable bonds is 16. The maximum absolute atomic E-state index is 14.7. The fourth-order valence-corrected chi connectivity index (χ4v) is 8.98. The van der Waals surface area contributed by atoms with Crippen LogP contribution >= 0.6 is 22.7 Å². The molecule has 15 nitrogen and oxygen atoms in total. The van der Waals surface area contributed by atoms with Gasteiger partial charge in [-0.15, -0.1) is 0 Å². The number of thiazole rings is 2. The molecule has 75 heavy (non-hydrogen) atoms. The second-order valence-electron chi connectivity index (χ2n) is 15.8. The molecule has 0 radical (unpaired) electrons. The van der Waals surface area contributed by atoms with Crippen molar-refractivity contribution in [2.24, 2.45) is 0 Å². The van der Waals surface area contributed by atoms with Gasteiger partial charge in [-0.3, -0.25) is 29.8 Å². The highest BCUT2D eigenvalue weighted by Crippen LogP contribution is 2.39. The van der Waals surface area contributed by atoms with Crippen LogP contribution in [0.4, 0.5) is 56.8 Å². The Bertz CT molecular complexity index is 3410. The third kappa shape index (κ3) is 13.0. The van der Waals surface area contributed by atoms with Gasteiger partial charge in [-0.25, -0.2) is 18.7 Å². The van der Waals surface area contributed by atoms with Crippen molar-refractivity contribution in [1.29, 1.82) is 10.5 Å². The highest BCUT2D eigenvalue weighted by atomic mass is 32.1. The molecule has 380 valence electrons. The maximum atomic E-state index is 14.7. The van der Waals surface area contributed by atoms with E-state index in [-0.39, 0.29) is 77.9 Å². The molecule has 0 aliphatic heterocycles. The molecule has 8 aromatic rings. The van der Waals surface area contributed by atoms with Crippen molar-refractivity contribution in [3.63, 3.8) is 0 Å².